The maximum atomic E-state index is 12.5. The number of aromatic nitrogens is 3. The summed E-state index contributed by atoms with van der Waals surface area (Å²) in [6, 6.07) is 11.2. The molecule has 0 radical (unpaired) electrons. The van der Waals surface area contributed by atoms with E-state index in [0.29, 0.717) is 11.3 Å². The molecule has 1 unspecified atom stereocenters. The molecule has 3 aromatic rings. The van der Waals surface area contributed by atoms with Crippen molar-refractivity contribution >= 4 is 10.9 Å². The number of fused-ring (bicyclic) bond motifs is 2. The van der Waals surface area contributed by atoms with Gasteiger partial charge < -0.3 is 0 Å². The quantitative estimate of drug-likeness (QED) is 0.600. The SMILES string of the molecule is CC1CCn2c1nc1cc(C#Cc3ccccn3)ccc1c2=O. The lowest BCUT2D eigenvalue weighted by molar-refractivity contribution is 0.695. The largest absolute Gasteiger partial charge is 0.296 e. The summed E-state index contributed by atoms with van der Waals surface area (Å²) < 4.78 is 1.80. The van der Waals surface area contributed by atoms with E-state index >= 15 is 0 Å². The molecular formula is C19H15N3O. The zero-order chi connectivity index (χ0) is 15.8. The van der Waals surface area contributed by atoms with E-state index in [1.165, 1.54) is 0 Å². The third-order valence-corrected chi connectivity index (χ3v) is 4.21. The van der Waals surface area contributed by atoms with Crippen molar-refractivity contribution < 1.29 is 0 Å². The first-order valence-corrected chi connectivity index (χ1v) is 7.70. The van der Waals surface area contributed by atoms with Gasteiger partial charge in [-0.3, -0.25) is 9.36 Å². The Labute approximate surface area is 133 Å². The van der Waals surface area contributed by atoms with Crippen LogP contribution in [0.15, 0.2) is 47.4 Å². The van der Waals surface area contributed by atoms with Crippen LogP contribution in [0.3, 0.4) is 0 Å². The van der Waals surface area contributed by atoms with Crippen LogP contribution in [0.2, 0.25) is 0 Å². The highest BCUT2D eigenvalue weighted by atomic mass is 16.1. The van der Waals surface area contributed by atoms with Crippen LogP contribution in [0, 0.1) is 11.8 Å². The maximum Gasteiger partial charge on any atom is 0.261 e. The van der Waals surface area contributed by atoms with Gasteiger partial charge in [-0.05, 0) is 42.7 Å². The van der Waals surface area contributed by atoms with Gasteiger partial charge in [0.15, 0.2) is 0 Å². The fourth-order valence-corrected chi connectivity index (χ4v) is 2.93. The lowest BCUT2D eigenvalue weighted by Crippen LogP contribution is -2.21. The van der Waals surface area contributed by atoms with Crippen molar-refractivity contribution in [2.24, 2.45) is 0 Å². The lowest BCUT2D eigenvalue weighted by Gasteiger charge is -2.07. The number of benzene rings is 1. The van der Waals surface area contributed by atoms with Crippen molar-refractivity contribution in [3.05, 3.63) is 70.0 Å². The minimum absolute atomic E-state index is 0.0542. The summed E-state index contributed by atoms with van der Waals surface area (Å²) in [4.78, 5) is 21.4. The first-order chi connectivity index (χ1) is 11.2. The predicted molar refractivity (Wildman–Crippen MR) is 89.3 cm³/mol. The zero-order valence-electron chi connectivity index (χ0n) is 12.8. The van der Waals surface area contributed by atoms with Gasteiger partial charge in [-0.1, -0.05) is 18.9 Å². The highest BCUT2D eigenvalue weighted by Gasteiger charge is 2.22. The second-order valence-electron chi connectivity index (χ2n) is 5.81. The molecule has 3 heterocycles. The van der Waals surface area contributed by atoms with Crippen LogP contribution in [0.25, 0.3) is 10.9 Å². The fraction of sp³-hybridized carbons (Fsp3) is 0.211. The number of pyridine rings is 1. The van der Waals surface area contributed by atoms with Crippen molar-refractivity contribution in [3.63, 3.8) is 0 Å². The molecule has 0 N–H and O–H groups in total. The Hall–Kier alpha value is -2.93. The molecule has 0 fully saturated rings. The van der Waals surface area contributed by atoms with Gasteiger partial charge in [0.2, 0.25) is 0 Å². The van der Waals surface area contributed by atoms with Gasteiger partial charge in [-0.2, -0.15) is 0 Å². The van der Waals surface area contributed by atoms with Gasteiger partial charge in [0, 0.05) is 24.2 Å². The molecule has 0 saturated heterocycles. The van der Waals surface area contributed by atoms with E-state index in [0.717, 1.165) is 35.6 Å². The van der Waals surface area contributed by atoms with Gasteiger partial charge in [0.05, 0.1) is 10.9 Å². The molecule has 23 heavy (non-hydrogen) atoms. The zero-order valence-corrected chi connectivity index (χ0v) is 12.8. The van der Waals surface area contributed by atoms with Gasteiger partial charge in [0.25, 0.3) is 5.56 Å². The second kappa shape index (κ2) is 5.36. The molecule has 4 rings (SSSR count). The Morgan fingerprint density at radius 2 is 2.13 bits per heavy atom. The Bertz CT molecular complexity index is 1010. The molecule has 4 heteroatoms. The molecule has 0 saturated carbocycles. The summed E-state index contributed by atoms with van der Waals surface area (Å²) in [7, 11) is 0. The minimum Gasteiger partial charge on any atom is -0.296 e. The summed E-state index contributed by atoms with van der Waals surface area (Å²) in [6.45, 7) is 2.88. The monoisotopic (exact) mass is 301 g/mol. The lowest BCUT2D eigenvalue weighted by atomic mass is 10.1. The number of hydrogen-bond donors (Lipinski definition) is 0. The summed E-state index contributed by atoms with van der Waals surface area (Å²) >= 11 is 0. The summed E-state index contributed by atoms with van der Waals surface area (Å²) in [5.41, 5.74) is 2.34. The molecule has 0 bridgehead atoms. The van der Waals surface area contributed by atoms with Crippen molar-refractivity contribution in [1.82, 2.24) is 14.5 Å². The first kappa shape index (κ1) is 13.7. The fourth-order valence-electron chi connectivity index (χ4n) is 2.93. The number of rotatable bonds is 0. The van der Waals surface area contributed by atoms with E-state index < -0.39 is 0 Å². The van der Waals surface area contributed by atoms with Crippen LogP contribution in [-0.2, 0) is 6.54 Å². The van der Waals surface area contributed by atoms with Gasteiger partial charge in [-0.15, -0.1) is 0 Å². The Morgan fingerprint density at radius 3 is 2.96 bits per heavy atom. The van der Waals surface area contributed by atoms with E-state index in [-0.39, 0.29) is 5.56 Å². The Kier molecular flexibility index (Phi) is 3.20. The van der Waals surface area contributed by atoms with Crippen molar-refractivity contribution in [1.29, 1.82) is 0 Å². The third kappa shape index (κ3) is 2.40. The smallest absolute Gasteiger partial charge is 0.261 e. The molecule has 0 spiro atoms. The molecule has 1 atom stereocenters. The molecule has 1 aliphatic rings. The van der Waals surface area contributed by atoms with Crippen LogP contribution in [0.5, 0.6) is 0 Å². The molecule has 0 amide bonds. The van der Waals surface area contributed by atoms with E-state index in [4.69, 9.17) is 4.98 Å². The summed E-state index contributed by atoms with van der Waals surface area (Å²) in [5.74, 6) is 7.33. The van der Waals surface area contributed by atoms with E-state index in [9.17, 15) is 4.79 Å². The van der Waals surface area contributed by atoms with Crippen molar-refractivity contribution in [3.8, 4) is 11.8 Å². The molecule has 1 aromatic carbocycles. The van der Waals surface area contributed by atoms with Crippen LogP contribution >= 0.6 is 0 Å². The van der Waals surface area contributed by atoms with E-state index in [2.05, 4.69) is 23.7 Å². The third-order valence-electron chi connectivity index (χ3n) is 4.21. The highest BCUT2D eigenvalue weighted by molar-refractivity contribution is 5.79. The second-order valence-corrected chi connectivity index (χ2v) is 5.81. The summed E-state index contributed by atoms with van der Waals surface area (Å²) in [6.07, 6.45) is 2.70. The normalized spacial score (nSPS) is 16.0. The molecular weight excluding hydrogens is 286 g/mol. The van der Waals surface area contributed by atoms with Gasteiger partial charge >= 0.3 is 0 Å². The Morgan fingerprint density at radius 1 is 1.22 bits per heavy atom. The standard InChI is InChI=1S/C19H15N3O/c1-13-9-11-22-18(13)21-17-12-14(6-8-16(17)19(22)23)5-7-15-4-2-3-10-20-15/h2-4,6,8,10,12-13H,9,11H2,1H3. The summed E-state index contributed by atoms with van der Waals surface area (Å²) in [5, 5.41) is 0.659. The van der Waals surface area contributed by atoms with Crippen LogP contribution < -0.4 is 5.56 Å². The molecule has 4 nitrogen and oxygen atoms in total. The minimum atomic E-state index is 0.0542. The molecule has 2 aromatic heterocycles. The van der Waals surface area contributed by atoms with E-state index in [1.54, 1.807) is 10.8 Å². The van der Waals surface area contributed by atoms with Gasteiger partial charge in [0.1, 0.15) is 11.5 Å². The van der Waals surface area contributed by atoms with Gasteiger partial charge in [-0.25, -0.2) is 9.97 Å². The van der Waals surface area contributed by atoms with Crippen LogP contribution in [0.4, 0.5) is 0 Å². The maximum absolute atomic E-state index is 12.5. The van der Waals surface area contributed by atoms with E-state index in [1.807, 2.05) is 36.4 Å². The topological polar surface area (TPSA) is 47.8 Å². The van der Waals surface area contributed by atoms with Crippen LogP contribution in [0.1, 0.15) is 36.3 Å². The highest BCUT2D eigenvalue weighted by Crippen LogP contribution is 2.25. The average molecular weight is 301 g/mol. The molecule has 0 aliphatic carbocycles. The number of nitrogens with zero attached hydrogens (tertiary/aromatic N) is 3. The Balaban J connectivity index is 1.82. The molecule has 1 aliphatic heterocycles. The van der Waals surface area contributed by atoms with Crippen molar-refractivity contribution in [2.75, 3.05) is 0 Å². The average Bonchev–Trinajstić information content (AvgIpc) is 2.95. The number of hydrogen-bond acceptors (Lipinski definition) is 3. The first-order valence-electron chi connectivity index (χ1n) is 7.70. The van der Waals surface area contributed by atoms with Crippen LogP contribution in [-0.4, -0.2) is 14.5 Å². The molecule has 112 valence electrons. The predicted octanol–water partition coefficient (Wildman–Crippen LogP) is 2.70. The van der Waals surface area contributed by atoms with Crippen molar-refractivity contribution in [2.45, 2.75) is 25.8 Å².